The van der Waals surface area contributed by atoms with Crippen molar-refractivity contribution >= 4 is 17.2 Å². The highest BCUT2D eigenvalue weighted by molar-refractivity contribution is 5.53. The monoisotopic (exact) mass is 442 g/mol. The Labute approximate surface area is 191 Å². The van der Waals surface area contributed by atoms with Gasteiger partial charge in [0.25, 0.3) is 0 Å². The zero-order valence-electron chi connectivity index (χ0n) is 20.5. The minimum Gasteiger partial charge on any atom is -0.497 e. The van der Waals surface area contributed by atoms with E-state index in [9.17, 15) is 0 Å². The topological polar surface area (TPSA) is 112 Å². The molecule has 5 N–H and O–H groups in total. The van der Waals surface area contributed by atoms with Crippen LogP contribution in [0.5, 0.6) is 11.5 Å². The number of aryl methyl sites for hydroxylation is 2. The van der Waals surface area contributed by atoms with Crippen molar-refractivity contribution in [2.24, 2.45) is 17.4 Å². The van der Waals surface area contributed by atoms with Gasteiger partial charge in [-0.25, -0.2) is 0 Å². The lowest BCUT2D eigenvalue weighted by atomic mass is 10.1. The largest absolute Gasteiger partial charge is 0.497 e. The maximum atomic E-state index is 6.06. The van der Waals surface area contributed by atoms with E-state index < -0.39 is 0 Å². The Kier molecular flexibility index (Phi) is 9.13. The number of rotatable bonds is 5. The van der Waals surface area contributed by atoms with Gasteiger partial charge in [0.1, 0.15) is 11.5 Å². The van der Waals surface area contributed by atoms with Gasteiger partial charge in [-0.3, -0.25) is 0 Å². The van der Waals surface area contributed by atoms with Crippen molar-refractivity contribution < 1.29 is 9.47 Å². The lowest BCUT2D eigenvalue weighted by Crippen LogP contribution is -2.39. The summed E-state index contributed by atoms with van der Waals surface area (Å²) in [6, 6.07) is 5.75. The molecule has 2 aromatic rings. The molecule has 1 unspecified atom stereocenters. The second-order valence-corrected chi connectivity index (χ2v) is 8.38. The van der Waals surface area contributed by atoms with Crippen LogP contribution in [0, 0.1) is 19.8 Å². The molecule has 1 fully saturated rings. The van der Waals surface area contributed by atoms with E-state index in [1.54, 1.807) is 14.2 Å². The van der Waals surface area contributed by atoms with Gasteiger partial charge in [0.2, 0.25) is 0 Å². The van der Waals surface area contributed by atoms with Gasteiger partial charge in [-0.2, -0.15) is 5.10 Å². The zero-order chi connectivity index (χ0) is 23.8. The molecule has 0 radical (unpaired) electrons. The Morgan fingerprint density at radius 1 is 1.09 bits per heavy atom. The summed E-state index contributed by atoms with van der Waals surface area (Å²) in [7, 11) is 5.45. The molecule has 0 bridgehead atoms. The van der Waals surface area contributed by atoms with Crippen LogP contribution >= 0.6 is 0 Å². The molecule has 1 aliphatic heterocycles. The Balaban J connectivity index is 0.000000278. The fourth-order valence-corrected chi connectivity index (χ4v) is 3.88. The number of aromatic nitrogens is 2. The number of nitrogens with two attached hydrogens (primary N) is 2. The van der Waals surface area contributed by atoms with E-state index in [1.165, 1.54) is 6.42 Å². The summed E-state index contributed by atoms with van der Waals surface area (Å²) in [5.41, 5.74) is 15.4. The highest BCUT2D eigenvalue weighted by Crippen LogP contribution is 2.23. The van der Waals surface area contributed by atoms with E-state index in [1.807, 2.05) is 45.9 Å². The number of likely N-dealkylation sites (tertiary alicyclic amines) is 1. The molecule has 1 aliphatic rings. The fourth-order valence-electron chi connectivity index (χ4n) is 3.88. The normalized spacial score (nSPS) is 17.8. The molecule has 8 heteroatoms. The maximum Gasteiger partial charge on any atom is 0.158 e. The van der Waals surface area contributed by atoms with E-state index in [4.69, 9.17) is 20.9 Å². The maximum absolute atomic E-state index is 6.06. The predicted octanol–water partition coefficient (Wildman–Crippen LogP) is 1.33. The summed E-state index contributed by atoms with van der Waals surface area (Å²) in [6.45, 7) is 10.8. The Bertz CT molecular complexity index is 1030. The molecule has 3 rings (SSSR count). The first-order chi connectivity index (χ1) is 15.2. The second-order valence-electron chi connectivity index (χ2n) is 8.38. The summed E-state index contributed by atoms with van der Waals surface area (Å²) in [6.07, 6.45) is 1.21. The van der Waals surface area contributed by atoms with Crippen molar-refractivity contribution in [3.8, 4) is 11.5 Å². The SMILES string of the molecule is C/C(N)=c1/c(C)nnc(NCC2CCN(C)C2)/c1=C(/C)N.COc1ccc(C)c(OC)c1. The smallest absolute Gasteiger partial charge is 0.158 e. The third-order valence-corrected chi connectivity index (χ3v) is 5.60. The van der Waals surface area contributed by atoms with Gasteiger partial charge in [0.15, 0.2) is 5.82 Å². The quantitative estimate of drug-likeness (QED) is 0.636. The summed E-state index contributed by atoms with van der Waals surface area (Å²) >= 11 is 0. The summed E-state index contributed by atoms with van der Waals surface area (Å²) in [5.74, 6) is 3.06. The van der Waals surface area contributed by atoms with E-state index >= 15 is 0 Å². The number of benzene rings is 1. The number of anilines is 1. The molecule has 0 aliphatic carbocycles. The molecule has 0 saturated carbocycles. The Hall–Kier alpha value is -3.00. The van der Waals surface area contributed by atoms with Crippen molar-refractivity contribution in [1.82, 2.24) is 15.1 Å². The standard InChI is InChI=1S/C15H26N6.C9H12O2/c1-9(16)13-11(3)19-20-15(14(13)10(2)17)18-7-12-5-6-21(4)8-12;1-7-4-5-8(10-2)6-9(7)11-3/h12H,5-8,16-17H2,1-4H3,(H,18,20);4-6H,1-3H3/b13-9+,14-10-;. The number of hydrogen-bond donors (Lipinski definition) is 3. The number of ether oxygens (including phenoxy) is 2. The van der Waals surface area contributed by atoms with E-state index in [2.05, 4.69) is 27.5 Å². The Morgan fingerprint density at radius 3 is 2.31 bits per heavy atom. The third-order valence-electron chi connectivity index (χ3n) is 5.60. The molecule has 0 amide bonds. The van der Waals surface area contributed by atoms with Gasteiger partial charge in [0.05, 0.1) is 19.9 Å². The third kappa shape index (κ3) is 6.50. The minimum atomic E-state index is 0.635. The van der Waals surface area contributed by atoms with Crippen molar-refractivity contribution in [1.29, 1.82) is 0 Å². The molecule has 1 atom stereocenters. The van der Waals surface area contributed by atoms with Gasteiger partial charge in [-0.1, -0.05) is 6.07 Å². The minimum absolute atomic E-state index is 0.635. The molecule has 8 nitrogen and oxygen atoms in total. The molecular weight excluding hydrogens is 404 g/mol. The van der Waals surface area contributed by atoms with Gasteiger partial charge >= 0.3 is 0 Å². The summed E-state index contributed by atoms with van der Waals surface area (Å²) < 4.78 is 10.1. The highest BCUT2D eigenvalue weighted by Gasteiger charge is 2.19. The molecule has 176 valence electrons. The zero-order valence-corrected chi connectivity index (χ0v) is 20.5. The van der Waals surface area contributed by atoms with Gasteiger partial charge < -0.3 is 31.2 Å². The van der Waals surface area contributed by atoms with E-state index in [0.29, 0.717) is 17.3 Å². The van der Waals surface area contributed by atoms with Crippen LogP contribution in [-0.4, -0.2) is 56.0 Å². The lowest BCUT2D eigenvalue weighted by molar-refractivity contribution is 0.392. The number of nitrogens with zero attached hydrogens (tertiary/aromatic N) is 3. The van der Waals surface area contributed by atoms with Crippen LogP contribution in [0.25, 0.3) is 11.4 Å². The summed E-state index contributed by atoms with van der Waals surface area (Å²) in [4.78, 5) is 2.34. The number of methoxy groups -OCH3 is 2. The average Bonchev–Trinajstić information content (AvgIpc) is 3.18. The summed E-state index contributed by atoms with van der Waals surface area (Å²) in [5, 5.41) is 13.7. The highest BCUT2D eigenvalue weighted by atomic mass is 16.5. The first-order valence-electron chi connectivity index (χ1n) is 10.8. The van der Waals surface area contributed by atoms with Crippen LogP contribution < -0.4 is 36.7 Å². The first-order valence-corrected chi connectivity index (χ1v) is 10.8. The van der Waals surface area contributed by atoms with Gasteiger partial charge in [-0.05, 0) is 65.3 Å². The van der Waals surface area contributed by atoms with Crippen LogP contribution in [0.2, 0.25) is 0 Å². The van der Waals surface area contributed by atoms with Gasteiger partial charge in [0, 0.05) is 41.0 Å². The van der Waals surface area contributed by atoms with Crippen LogP contribution in [0.15, 0.2) is 18.2 Å². The molecule has 32 heavy (non-hydrogen) atoms. The molecule has 0 spiro atoms. The molecule has 2 heterocycles. The average molecular weight is 443 g/mol. The van der Waals surface area contributed by atoms with E-state index in [-0.39, 0.29) is 0 Å². The van der Waals surface area contributed by atoms with Crippen LogP contribution in [0.3, 0.4) is 0 Å². The lowest BCUT2D eigenvalue weighted by Gasteiger charge is -2.13. The molecule has 1 saturated heterocycles. The fraction of sp³-hybridized carbons (Fsp3) is 0.500. The second kappa shape index (κ2) is 11.6. The first kappa shape index (κ1) is 25.3. The predicted molar refractivity (Wildman–Crippen MR) is 131 cm³/mol. The van der Waals surface area contributed by atoms with Crippen LogP contribution in [0.4, 0.5) is 5.82 Å². The van der Waals surface area contributed by atoms with Crippen molar-refractivity contribution in [3.05, 3.63) is 39.9 Å². The van der Waals surface area contributed by atoms with Crippen LogP contribution in [-0.2, 0) is 0 Å². The Morgan fingerprint density at radius 2 is 1.78 bits per heavy atom. The van der Waals surface area contributed by atoms with Crippen molar-refractivity contribution in [3.63, 3.8) is 0 Å². The van der Waals surface area contributed by atoms with E-state index in [0.717, 1.165) is 58.6 Å². The molecule has 1 aromatic carbocycles. The van der Waals surface area contributed by atoms with Crippen molar-refractivity contribution in [2.45, 2.75) is 34.1 Å². The molecular formula is C24H38N6O2. The van der Waals surface area contributed by atoms with Crippen molar-refractivity contribution in [2.75, 3.05) is 46.2 Å². The van der Waals surface area contributed by atoms with Gasteiger partial charge in [-0.15, -0.1) is 5.10 Å². The van der Waals surface area contributed by atoms with Crippen LogP contribution in [0.1, 0.15) is 31.5 Å². The number of nitrogens with one attached hydrogen (secondary N) is 1. The number of hydrogen-bond acceptors (Lipinski definition) is 8. The molecule has 1 aromatic heterocycles.